The maximum atomic E-state index is 6.19. The molecular weight excluding hydrogens is 813 g/mol. The highest BCUT2D eigenvalue weighted by atomic mass is 16.3. The van der Waals surface area contributed by atoms with E-state index in [-0.39, 0.29) is 0 Å². The highest BCUT2D eigenvalue weighted by Gasteiger charge is 2.21. The van der Waals surface area contributed by atoms with Crippen molar-refractivity contribution in [2.75, 3.05) is 4.90 Å². The van der Waals surface area contributed by atoms with E-state index in [4.69, 9.17) is 4.42 Å². The molecule has 2 heterocycles. The average molecular weight is 855 g/mol. The Morgan fingerprint density at radius 3 is 1.58 bits per heavy atom. The van der Waals surface area contributed by atoms with E-state index in [9.17, 15) is 0 Å². The van der Waals surface area contributed by atoms with Gasteiger partial charge in [-0.05, 0) is 117 Å². The molecule has 0 bridgehead atoms. The predicted octanol–water partition coefficient (Wildman–Crippen LogP) is 18.0. The molecule has 13 aromatic rings. The summed E-state index contributed by atoms with van der Waals surface area (Å²) in [6.07, 6.45) is 0. The third-order valence-corrected chi connectivity index (χ3v) is 13.4. The molecule has 314 valence electrons. The lowest BCUT2D eigenvalue weighted by molar-refractivity contribution is 0.669. The van der Waals surface area contributed by atoms with Gasteiger partial charge in [-0.2, -0.15) is 0 Å². The number of aromatic nitrogens is 1. The van der Waals surface area contributed by atoms with Crippen LogP contribution in [0.5, 0.6) is 0 Å². The van der Waals surface area contributed by atoms with Crippen LogP contribution in [0.2, 0.25) is 0 Å². The smallest absolute Gasteiger partial charge is 0.135 e. The summed E-state index contributed by atoms with van der Waals surface area (Å²) in [5, 5.41) is 7.20. The van der Waals surface area contributed by atoms with E-state index in [1.807, 2.05) is 12.1 Å². The summed E-state index contributed by atoms with van der Waals surface area (Å²) in [7, 11) is 0. The van der Waals surface area contributed by atoms with Crippen LogP contribution in [0.4, 0.5) is 17.1 Å². The molecule has 0 amide bonds. The van der Waals surface area contributed by atoms with Gasteiger partial charge in [0, 0.05) is 44.0 Å². The van der Waals surface area contributed by atoms with Crippen molar-refractivity contribution in [2.45, 2.75) is 0 Å². The molecule has 0 atom stereocenters. The minimum Gasteiger partial charge on any atom is -0.456 e. The quantitative estimate of drug-likeness (QED) is 0.152. The number of nitrogens with zero attached hydrogens (tertiary/aromatic N) is 2. The predicted molar refractivity (Wildman–Crippen MR) is 282 cm³/mol. The molecule has 0 saturated carbocycles. The van der Waals surface area contributed by atoms with Gasteiger partial charge < -0.3 is 13.9 Å². The first-order valence-electron chi connectivity index (χ1n) is 22.9. The number of fused-ring (bicyclic) bond motifs is 7. The number of hydrogen-bond donors (Lipinski definition) is 0. The largest absolute Gasteiger partial charge is 0.456 e. The lowest BCUT2D eigenvalue weighted by atomic mass is 9.95. The van der Waals surface area contributed by atoms with Crippen molar-refractivity contribution in [3.63, 3.8) is 0 Å². The second-order valence-corrected chi connectivity index (χ2v) is 17.3. The number of anilines is 3. The Morgan fingerprint density at radius 2 is 0.821 bits per heavy atom. The highest BCUT2D eigenvalue weighted by Crippen LogP contribution is 2.45. The molecule has 0 N–H and O–H groups in total. The van der Waals surface area contributed by atoms with Gasteiger partial charge in [0.2, 0.25) is 0 Å². The molecule has 0 aliphatic rings. The summed E-state index contributed by atoms with van der Waals surface area (Å²) in [5.41, 5.74) is 17.8. The van der Waals surface area contributed by atoms with Gasteiger partial charge in [0.25, 0.3) is 0 Å². The molecule has 0 spiro atoms. The Hall–Kier alpha value is -8.92. The van der Waals surface area contributed by atoms with Gasteiger partial charge >= 0.3 is 0 Å². The van der Waals surface area contributed by atoms with E-state index in [1.165, 1.54) is 43.7 Å². The summed E-state index contributed by atoms with van der Waals surface area (Å²) in [5.74, 6) is 0. The van der Waals surface area contributed by atoms with Crippen molar-refractivity contribution < 1.29 is 4.42 Å². The molecule has 0 radical (unpaired) electrons. The highest BCUT2D eigenvalue weighted by molar-refractivity contribution is 6.10. The fourth-order valence-electron chi connectivity index (χ4n) is 10.1. The van der Waals surface area contributed by atoms with E-state index in [0.29, 0.717) is 0 Å². The minimum absolute atomic E-state index is 0.897. The monoisotopic (exact) mass is 854 g/mol. The van der Waals surface area contributed by atoms with Crippen LogP contribution in [0.1, 0.15) is 0 Å². The second kappa shape index (κ2) is 16.0. The normalized spacial score (nSPS) is 11.6. The topological polar surface area (TPSA) is 21.3 Å². The molecule has 3 nitrogen and oxygen atoms in total. The molecule has 3 heteroatoms. The van der Waals surface area contributed by atoms with Crippen LogP contribution >= 0.6 is 0 Å². The first-order valence-corrected chi connectivity index (χ1v) is 22.9. The third-order valence-electron chi connectivity index (χ3n) is 13.4. The molecule has 0 fully saturated rings. The molecule has 2 aromatic heterocycles. The molecule has 67 heavy (non-hydrogen) atoms. The third kappa shape index (κ3) is 6.67. The van der Waals surface area contributed by atoms with Crippen LogP contribution in [0.3, 0.4) is 0 Å². The van der Waals surface area contributed by atoms with E-state index in [2.05, 4.69) is 252 Å². The van der Waals surface area contributed by atoms with Crippen LogP contribution in [-0.2, 0) is 0 Å². The number of hydrogen-bond acceptors (Lipinski definition) is 2. The van der Waals surface area contributed by atoms with Crippen LogP contribution in [-0.4, -0.2) is 4.57 Å². The molecule has 13 rings (SSSR count). The van der Waals surface area contributed by atoms with Gasteiger partial charge in [-0.25, -0.2) is 0 Å². The standard InChI is InChI=1S/C64H42N2O/c1-2-15-45(16-3-1)54-38-32-50(48-27-26-43-14-4-5-17-47(43)40-48)42-62(54)65(51-34-28-44(29-35-51)49-33-39-64-58(41-49)57-21-9-13-25-63(57)67-64)52-36-30-46(31-37-52)53-18-6-10-22-59(53)66-60-23-11-7-19-55(60)56-20-8-12-24-61(56)66/h1-42H. The molecule has 11 aromatic carbocycles. The van der Waals surface area contributed by atoms with E-state index in [1.54, 1.807) is 0 Å². The molecule has 0 saturated heterocycles. The first kappa shape index (κ1) is 38.5. The fourth-order valence-corrected chi connectivity index (χ4v) is 10.1. The summed E-state index contributed by atoms with van der Waals surface area (Å²) in [6.45, 7) is 0. The zero-order valence-corrected chi connectivity index (χ0v) is 36.6. The fraction of sp³-hybridized carbons (Fsp3) is 0. The van der Waals surface area contributed by atoms with Crippen molar-refractivity contribution in [1.82, 2.24) is 4.57 Å². The van der Waals surface area contributed by atoms with Crippen LogP contribution in [0, 0.1) is 0 Å². The Kier molecular flexibility index (Phi) is 9.17. The van der Waals surface area contributed by atoms with Crippen molar-refractivity contribution in [2.24, 2.45) is 0 Å². The summed E-state index contributed by atoms with van der Waals surface area (Å²) in [4.78, 5) is 2.42. The zero-order chi connectivity index (χ0) is 44.3. The molecule has 0 aliphatic heterocycles. The lowest BCUT2D eigenvalue weighted by Crippen LogP contribution is -2.11. The van der Waals surface area contributed by atoms with Crippen LogP contribution < -0.4 is 4.90 Å². The second-order valence-electron chi connectivity index (χ2n) is 17.3. The minimum atomic E-state index is 0.897. The van der Waals surface area contributed by atoms with E-state index in [0.717, 1.165) is 78.1 Å². The molecule has 0 unspecified atom stereocenters. The Labute approximate surface area is 388 Å². The van der Waals surface area contributed by atoms with Gasteiger partial charge in [0.05, 0.1) is 22.4 Å². The van der Waals surface area contributed by atoms with Crippen molar-refractivity contribution in [3.8, 4) is 50.2 Å². The van der Waals surface area contributed by atoms with Crippen LogP contribution in [0.15, 0.2) is 259 Å². The lowest BCUT2D eigenvalue weighted by Gasteiger charge is -2.29. The van der Waals surface area contributed by atoms with Gasteiger partial charge in [0.15, 0.2) is 0 Å². The summed E-state index contributed by atoms with van der Waals surface area (Å²) >= 11 is 0. The Bertz CT molecular complexity index is 3920. The SMILES string of the molecule is c1ccc(-c2ccc(-c3ccc4ccccc4c3)cc2N(c2ccc(-c3ccc4oc5ccccc5c4c3)cc2)c2ccc(-c3ccccc3-n3c4ccccc4c4ccccc43)cc2)cc1. The van der Waals surface area contributed by atoms with Crippen molar-refractivity contribution in [1.29, 1.82) is 0 Å². The summed E-state index contributed by atoms with van der Waals surface area (Å²) < 4.78 is 8.61. The molecule has 0 aliphatic carbocycles. The number of furan rings is 1. The Morgan fingerprint density at radius 1 is 0.299 bits per heavy atom. The molecular formula is C64H42N2O. The van der Waals surface area contributed by atoms with E-state index >= 15 is 0 Å². The van der Waals surface area contributed by atoms with Gasteiger partial charge in [-0.15, -0.1) is 0 Å². The average Bonchev–Trinajstić information content (AvgIpc) is 3.95. The van der Waals surface area contributed by atoms with Crippen LogP contribution in [0.25, 0.3) is 105 Å². The van der Waals surface area contributed by atoms with E-state index < -0.39 is 0 Å². The number of benzene rings is 11. The van der Waals surface area contributed by atoms with Crippen molar-refractivity contribution >= 4 is 71.6 Å². The van der Waals surface area contributed by atoms with Gasteiger partial charge in [-0.1, -0.05) is 182 Å². The maximum absolute atomic E-state index is 6.19. The Balaban J connectivity index is 0.973. The van der Waals surface area contributed by atoms with Crippen molar-refractivity contribution in [3.05, 3.63) is 255 Å². The maximum Gasteiger partial charge on any atom is 0.135 e. The number of rotatable bonds is 8. The van der Waals surface area contributed by atoms with Gasteiger partial charge in [-0.3, -0.25) is 0 Å². The zero-order valence-electron chi connectivity index (χ0n) is 36.6. The first-order chi connectivity index (χ1) is 33.2. The van der Waals surface area contributed by atoms with Gasteiger partial charge in [0.1, 0.15) is 11.2 Å². The number of para-hydroxylation sites is 4. The summed E-state index contributed by atoms with van der Waals surface area (Å²) in [6, 6.07) is 92.2.